The molecular weight excluding hydrogens is 224 g/mol. The zero-order valence-electron chi connectivity index (χ0n) is 11.0. The third-order valence-electron chi connectivity index (χ3n) is 1.77. The summed E-state index contributed by atoms with van der Waals surface area (Å²) in [5, 5.41) is 6.24. The lowest BCUT2D eigenvalue weighted by molar-refractivity contribution is 0.152. The number of nitrogens with one attached hydrogen (secondary N) is 1. The number of hydrogen-bond donors (Lipinski definition) is 1. The van der Waals surface area contributed by atoms with E-state index in [1.165, 1.54) is 7.05 Å². The molecule has 1 amide bonds. The van der Waals surface area contributed by atoms with Gasteiger partial charge in [0, 0.05) is 17.5 Å². The maximum Gasteiger partial charge on any atom is 0.433 e. The summed E-state index contributed by atoms with van der Waals surface area (Å²) in [7, 11) is 1.51. The van der Waals surface area contributed by atoms with Crippen molar-refractivity contribution < 1.29 is 9.63 Å². The number of nitrogens with zero attached hydrogens (tertiary/aromatic N) is 1. The van der Waals surface area contributed by atoms with Gasteiger partial charge in [0.1, 0.15) is 0 Å². The van der Waals surface area contributed by atoms with E-state index in [1.54, 1.807) is 11.8 Å². The summed E-state index contributed by atoms with van der Waals surface area (Å²) in [4.78, 5) is 15.6. The Bertz CT molecular complexity index is 257. The van der Waals surface area contributed by atoms with Crippen LogP contribution < -0.4 is 5.32 Å². The zero-order valence-corrected chi connectivity index (χ0v) is 11.8. The largest absolute Gasteiger partial charge is 0.433 e. The molecule has 0 aromatic rings. The molecule has 0 aliphatic heterocycles. The Morgan fingerprint density at radius 3 is 2.38 bits per heavy atom. The van der Waals surface area contributed by atoms with Crippen molar-refractivity contribution in [3.63, 3.8) is 0 Å². The smallest absolute Gasteiger partial charge is 0.323 e. The van der Waals surface area contributed by atoms with Gasteiger partial charge in [-0.2, -0.15) is 0 Å². The summed E-state index contributed by atoms with van der Waals surface area (Å²) in [5.74, 6) is 1.05. The van der Waals surface area contributed by atoms with Crippen molar-refractivity contribution in [1.82, 2.24) is 5.32 Å². The molecule has 0 bridgehead atoms. The van der Waals surface area contributed by atoms with E-state index >= 15 is 0 Å². The predicted molar refractivity (Wildman–Crippen MR) is 70.0 cm³/mol. The molecule has 0 saturated carbocycles. The Morgan fingerprint density at radius 1 is 1.44 bits per heavy atom. The molecule has 0 fully saturated rings. The van der Waals surface area contributed by atoms with Crippen molar-refractivity contribution in [3.05, 3.63) is 0 Å². The molecule has 0 heterocycles. The molecule has 1 N–H and O–H groups in total. The fourth-order valence-electron chi connectivity index (χ4n) is 0.735. The van der Waals surface area contributed by atoms with Crippen LogP contribution in [0.5, 0.6) is 0 Å². The van der Waals surface area contributed by atoms with Gasteiger partial charge in [0.25, 0.3) is 0 Å². The van der Waals surface area contributed by atoms with Crippen LogP contribution in [0.25, 0.3) is 0 Å². The lowest BCUT2D eigenvalue weighted by Gasteiger charge is -2.19. The first-order chi connectivity index (χ1) is 7.26. The van der Waals surface area contributed by atoms with Crippen LogP contribution >= 0.6 is 11.8 Å². The monoisotopic (exact) mass is 246 g/mol. The average Bonchev–Trinajstić information content (AvgIpc) is 2.14. The van der Waals surface area contributed by atoms with Crippen LogP contribution in [-0.2, 0) is 4.84 Å². The second kappa shape index (κ2) is 6.78. The summed E-state index contributed by atoms with van der Waals surface area (Å²) >= 11 is 1.79. The third kappa shape index (κ3) is 7.56. The van der Waals surface area contributed by atoms with E-state index in [1.807, 2.05) is 13.8 Å². The van der Waals surface area contributed by atoms with E-state index in [2.05, 4.69) is 31.2 Å². The van der Waals surface area contributed by atoms with Gasteiger partial charge in [-0.1, -0.05) is 39.8 Å². The summed E-state index contributed by atoms with van der Waals surface area (Å²) in [6, 6.07) is 0. The van der Waals surface area contributed by atoms with E-state index in [9.17, 15) is 4.79 Å². The number of oxime groups is 1. The number of amides is 1. The Kier molecular flexibility index (Phi) is 6.48. The van der Waals surface area contributed by atoms with Crippen LogP contribution in [0.3, 0.4) is 0 Å². The Labute approximate surface area is 102 Å². The van der Waals surface area contributed by atoms with Crippen LogP contribution in [0.15, 0.2) is 5.16 Å². The number of rotatable bonds is 4. The minimum atomic E-state index is -0.529. The normalized spacial score (nSPS) is 12.8. The molecule has 0 aromatic heterocycles. The summed E-state index contributed by atoms with van der Waals surface area (Å²) in [6.45, 7) is 10.5. The van der Waals surface area contributed by atoms with Crippen molar-refractivity contribution >= 4 is 23.6 Å². The second-order valence-corrected chi connectivity index (χ2v) is 6.57. The van der Waals surface area contributed by atoms with Gasteiger partial charge in [0.2, 0.25) is 0 Å². The van der Waals surface area contributed by atoms with Crippen LogP contribution in [-0.4, -0.2) is 29.4 Å². The molecule has 0 atom stereocenters. The topological polar surface area (TPSA) is 50.7 Å². The van der Waals surface area contributed by atoms with E-state index in [0.29, 0.717) is 0 Å². The minimum Gasteiger partial charge on any atom is -0.323 e. The first kappa shape index (κ1) is 15.3. The van der Waals surface area contributed by atoms with Crippen molar-refractivity contribution in [3.8, 4) is 0 Å². The number of hydrogen-bond acceptors (Lipinski definition) is 4. The highest BCUT2D eigenvalue weighted by atomic mass is 32.2. The maximum absolute atomic E-state index is 10.9. The van der Waals surface area contributed by atoms with Gasteiger partial charge >= 0.3 is 6.09 Å². The average molecular weight is 246 g/mol. The fourth-order valence-corrected chi connectivity index (χ4v) is 1.70. The summed E-state index contributed by atoms with van der Waals surface area (Å²) in [6.07, 6.45) is -0.529. The fraction of sp³-hybridized carbons (Fsp3) is 0.818. The molecule has 0 spiro atoms. The number of thioether (sulfide) groups is 1. The van der Waals surface area contributed by atoms with Crippen molar-refractivity contribution in [1.29, 1.82) is 0 Å². The molecule has 94 valence electrons. The number of carbonyl (C=O) groups excluding carboxylic acids is 1. The third-order valence-corrected chi connectivity index (χ3v) is 3.08. The Balaban J connectivity index is 4.33. The van der Waals surface area contributed by atoms with Crippen molar-refractivity contribution in [2.75, 3.05) is 12.8 Å². The highest BCUT2D eigenvalue weighted by Gasteiger charge is 2.15. The summed E-state index contributed by atoms with van der Waals surface area (Å²) in [5.41, 5.74) is 0.892. The molecular formula is C11H22N2O2S. The van der Waals surface area contributed by atoms with Gasteiger partial charge < -0.3 is 5.32 Å². The molecule has 4 nitrogen and oxygen atoms in total. The SMILES string of the molecule is CNC(=O)ON=C(CSC(C)(C)C)C(C)C. The van der Waals surface area contributed by atoms with Crippen LogP contribution in [0.2, 0.25) is 0 Å². The Morgan fingerprint density at radius 2 is 2.00 bits per heavy atom. The van der Waals surface area contributed by atoms with Gasteiger partial charge in [-0.15, -0.1) is 11.8 Å². The van der Waals surface area contributed by atoms with E-state index < -0.39 is 6.09 Å². The predicted octanol–water partition coefficient (Wildman–Crippen LogP) is 2.89. The number of carbonyl (C=O) groups is 1. The standard InChI is InChI=1S/C11H22N2O2S/c1-8(2)9(7-16-11(3,4)5)13-15-10(14)12-6/h8H,7H2,1-6H3,(H,12,14). The molecule has 0 aliphatic carbocycles. The molecule has 16 heavy (non-hydrogen) atoms. The molecule has 0 saturated heterocycles. The molecule has 0 unspecified atom stereocenters. The lowest BCUT2D eigenvalue weighted by atomic mass is 10.1. The van der Waals surface area contributed by atoms with E-state index in [0.717, 1.165) is 11.5 Å². The van der Waals surface area contributed by atoms with Gasteiger partial charge in [0.05, 0.1) is 5.71 Å². The zero-order chi connectivity index (χ0) is 12.8. The van der Waals surface area contributed by atoms with Gasteiger partial charge in [-0.25, -0.2) is 4.79 Å². The summed E-state index contributed by atoms with van der Waals surface area (Å²) < 4.78 is 0.183. The highest BCUT2D eigenvalue weighted by Crippen LogP contribution is 2.24. The first-order valence-corrected chi connectivity index (χ1v) is 6.34. The van der Waals surface area contributed by atoms with Gasteiger partial charge in [-0.3, -0.25) is 4.84 Å². The minimum absolute atomic E-state index is 0.183. The van der Waals surface area contributed by atoms with Gasteiger partial charge in [0.15, 0.2) is 0 Å². The molecule has 5 heteroatoms. The van der Waals surface area contributed by atoms with E-state index in [-0.39, 0.29) is 10.7 Å². The second-order valence-electron chi connectivity index (χ2n) is 4.77. The lowest BCUT2D eigenvalue weighted by Crippen LogP contribution is -2.21. The first-order valence-electron chi connectivity index (χ1n) is 5.35. The molecule has 0 rings (SSSR count). The Hall–Kier alpha value is -0.710. The van der Waals surface area contributed by atoms with Crippen LogP contribution in [0.1, 0.15) is 34.6 Å². The van der Waals surface area contributed by atoms with Crippen LogP contribution in [0, 0.1) is 5.92 Å². The van der Waals surface area contributed by atoms with Crippen molar-refractivity contribution in [2.45, 2.75) is 39.4 Å². The quantitative estimate of drug-likeness (QED) is 0.471. The molecule has 0 radical (unpaired) electrons. The van der Waals surface area contributed by atoms with Crippen LogP contribution in [0.4, 0.5) is 4.79 Å². The highest BCUT2D eigenvalue weighted by molar-refractivity contribution is 8.01. The van der Waals surface area contributed by atoms with E-state index in [4.69, 9.17) is 4.84 Å². The maximum atomic E-state index is 10.9. The molecule has 0 aromatic carbocycles. The van der Waals surface area contributed by atoms with Gasteiger partial charge in [-0.05, 0) is 5.92 Å². The molecule has 0 aliphatic rings. The van der Waals surface area contributed by atoms with Crippen molar-refractivity contribution in [2.24, 2.45) is 11.1 Å².